The van der Waals surface area contributed by atoms with Gasteiger partial charge in [-0.25, -0.2) is 0 Å². The number of rotatable bonds is 3. The van der Waals surface area contributed by atoms with Crippen LogP contribution in [0.4, 0.5) is 0 Å². The van der Waals surface area contributed by atoms with Gasteiger partial charge in [0.1, 0.15) is 0 Å². The Hall–Kier alpha value is -0.860. The first-order valence-electron chi connectivity index (χ1n) is 7.77. The number of aryl methyl sites for hydroxylation is 2. The standard InChI is InChI=1S/C17H26N2/c1-13-6-7-14(2)15(11-13)12-18-16-8-10-19-9-4-3-5-17(16)19/h6-7,11,16-18H,3-5,8-10,12H2,1-2H3. The maximum absolute atomic E-state index is 3.82. The molecule has 2 atom stereocenters. The second-order valence-corrected chi connectivity index (χ2v) is 6.31. The molecular weight excluding hydrogens is 232 g/mol. The molecule has 2 fully saturated rings. The maximum Gasteiger partial charge on any atom is 0.0249 e. The van der Waals surface area contributed by atoms with Gasteiger partial charge in [-0.2, -0.15) is 0 Å². The second-order valence-electron chi connectivity index (χ2n) is 6.31. The zero-order chi connectivity index (χ0) is 13.2. The van der Waals surface area contributed by atoms with Crippen LogP contribution in [0.3, 0.4) is 0 Å². The number of nitrogens with one attached hydrogen (secondary N) is 1. The first kappa shape index (κ1) is 13.1. The normalized spacial score (nSPS) is 27.5. The first-order valence-corrected chi connectivity index (χ1v) is 7.77. The van der Waals surface area contributed by atoms with Crippen molar-refractivity contribution >= 4 is 0 Å². The lowest BCUT2D eigenvalue weighted by molar-refractivity contribution is 0.180. The van der Waals surface area contributed by atoms with Crippen molar-refractivity contribution in [2.75, 3.05) is 13.1 Å². The highest BCUT2D eigenvalue weighted by Crippen LogP contribution is 2.27. The molecule has 1 aromatic rings. The van der Waals surface area contributed by atoms with Crippen LogP contribution in [0.1, 0.15) is 42.4 Å². The summed E-state index contributed by atoms with van der Waals surface area (Å²) in [6.45, 7) is 8.06. The van der Waals surface area contributed by atoms with Gasteiger partial charge in [0, 0.05) is 25.2 Å². The molecule has 3 rings (SSSR count). The van der Waals surface area contributed by atoms with Crippen molar-refractivity contribution in [3.63, 3.8) is 0 Å². The van der Waals surface area contributed by atoms with Crippen molar-refractivity contribution in [2.24, 2.45) is 0 Å². The van der Waals surface area contributed by atoms with Crippen LogP contribution in [0.15, 0.2) is 18.2 Å². The van der Waals surface area contributed by atoms with Crippen LogP contribution in [0.5, 0.6) is 0 Å². The fraction of sp³-hybridized carbons (Fsp3) is 0.647. The summed E-state index contributed by atoms with van der Waals surface area (Å²) in [5.41, 5.74) is 4.25. The molecule has 2 saturated heterocycles. The van der Waals surface area contributed by atoms with E-state index >= 15 is 0 Å². The third kappa shape index (κ3) is 2.85. The lowest BCUT2D eigenvalue weighted by atomic mass is 9.98. The minimum Gasteiger partial charge on any atom is -0.308 e. The topological polar surface area (TPSA) is 15.3 Å². The van der Waals surface area contributed by atoms with E-state index in [4.69, 9.17) is 0 Å². The van der Waals surface area contributed by atoms with Gasteiger partial charge in [-0.3, -0.25) is 4.90 Å². The van der Waals surface area contributed by atoms with Gasteiger partial charge in [0.05, 0.1) is 0 Å². The summed E-state index contributed by atoms with van der Waals surface area (Å²) < 4.78 is 0. The van der Waals surface area contributed by atoms with E-state index in [9.17, 15) is 0 Å². The van der Waals surface area contributed by atoms with Crippen molar-refractivity contribution in [1.82, 2.24) is 10.2 Å². The fourth-order valence-corrected chi connectivity index (χ4v) is 3.72. The number of hydrogen-bond donors (Lipinski definition) is 1. The van der Waals surface area contributed by atoms with Gasteiger partial charge < -0.3 is 5.32 Å². The Bertz CT molecular complexity index is 441. The molecule has 2 aliphatic heterocycles. The molecule has 0 spiro atoms. The Kier molecular flexibility index (Phi) is 3.90. The van der Waals surface area contributed by atoms with Crippen LogP contribution in [-0.4, -0.2) is 30.1 Å². The van der Waals surface area contributed by atoms with Crippen LogP contribution in [0, 0.1) is 13.8 Å². The number of piperidine rings is 1. The van der Waals surface area contributed by atoms with Gasteiger partial charge in [-0.1, -0.05) is 30.2 Å². The summed E-state index contributed by atoms with van der Waals surface area (Å²) in [6.07, 6.45) is 5.54. The van der Waals surface area contributed by atoms with Crippen molar-refractivity contribution in [3.05, 3.63) is 34.9 Å². The number of benzene rings is 1. The average molecular weight is 258 g/mol. The highest BCUT2D eigenvalue weighted by Gasteiger charge is 2.34. The highest BCUT2D eigenvalue weighted by molar-refractivity contribution is 5.30. The number of fused-ring (bicyclic) bond motifs is 1. The molecule has 2 nitrogen and oxygen atoms in total. The molecule has 2 heteroatoms. The number of hydrogen-bond acceptors (Lipinski definition) is 2. The first-order chi connectivity index (χ1) is 9.24. The van der Waals surface area contributed by atoms with E-state index in [1.54, 1.807) is 0 Å². The summed E-state index contributed by atoms with van der Waals surface area (Å²) in [7, 11) is 0. The smallest absolute Gasteiger partial charge is 0.0249 e. The molecule has 1 N–H and O–H groups in total. The second kappa shape index (κ2) is 5.64. The summed E-state index contributed by atoms with van der Waals surface area (Å²) >= 11 is 0. The van der Waals surface area contributed by atoms with Crippen LogP contribution in [-0.2, 0) is 6.54 Å². The van der Waals surface area contributed by atoms with Crippen LogP contribution >= 0.6 is 0 Å². The quantitative estimate of drug-likeness (QED) is 0.896. The minimum absolute atomic E-state index is 0.709. The molecule has 2 aliphatic rings. The summed E-state index contributed by atoms with van der Waals surface area (Å²) in [6, 6.07) is 8.29. The van der Waals surface area contributed by atoms with Gasteiger partial charge >= 0.3 is 0 Å². The van der Waals surface area contributed by atoms with Crippen LogP contribution in [0.25, 0.3) is 0 Å². The van der Waals surface area contributed by atoms with Crippen LogP contribution in [0.2, 0.25) is 0 Å². The van der Waals surface area contributed by atoms with Crippen molar-refractivity contribution in [3.8, 4) is 0 Å². The SMILES string of the molecule is Cc1ccc(C)c(CNC2CCN3CCCCC23)c1. The average Bonchev–Trinajstić information content (AvgIpc) is 2.83. The molecular formula is C17H26N2. The van der Waals surface area contributed by atoms with Gasteiger partial charge in [0.15, 0.2) is 0 Å². The van der Waals surface area contributed by atoms with E-state index in [-0.39, 0.29) is 0 Å². The molecule has 19 heavy (non-hydrogen) atoms. The van der Waals surface area contributed by atoms with Gasteiger partial charge in [0.25, 0.3) is 0 Å². The molecule has 1 aromatic carbocycles. The van der Waals surface area contributed by atoms with Crippen molar-refractivity contribution in [1.29, 1.82) is 0 Å². The van der Waals surface area contributed by atoms with Gasteiger partial charge in [-0.15, -0.1) is 0 Å². The molecule has 0 aromatic heterocycles. The lowest BCUT2D eigenvalue weighted by Gasteiger charge is -2.32. The monoisotopic (exact) mass is 258 g/mol. The largest absolute Gasteiger partial charge is 0.308 e. The van der Waals surface area contributed by atoms with Gasteiger partial charge in [0.2, 0.25) is 0 Å². The Balaban J connectivity index is 1.61. The minimum atomic E-state index is 0.709. The Morgan fingerprint density at radius 3 is 2.95 bits per heavy atom. The Labute approximate surface area is 117 Å². The summed E-state index contributed by atoms with van der Waals surface area (Å²) in [5, 5.41) is 3.82. The zero-order valence-corrected chi connectivity index (χ0v) is 12.3. The predicted molar refractivity (Wildman–Crippen MR) is 80.4 cm³/mol. The third-order valence-corrected chi connectivity index (χ3v) is 4.92. The Morgan fingerprint density at radius 1 is 1.16 bits per heavy atom. The maximum atomic E-state index is 3.82. The van der Waals surface area contributed by atoms with E-state index in [1.807, 2.05) is 0 Å². The zero-order valence-electron chi connectivity index (χ0n) is 12.3. The molecule has 0 amide bonds. The summed E-state index contributed by atoms with van der Waals surface area (Å²) in [4.78, 5) is 2.70. The van der Waals surface area contributed by atoms with E-state index in [1.165, 1.54) is 55.5 Å². The molecule has 0 saturated carbocycles. The lowest BCUT2D eigenvalue weighted by Crippen LogP contribution is -2.44. The molecule has 0 bridgehead atoms. The summed E-state index contributed by atoms with van der Waals surface area (Å²) in [5.74, 6) is 0. The van der Waals surface area contributed by atoms with E-state index in [0.717, 1.165) is 12.6 Å². The van der Waals surface area contributed by atoms with Crippen molar-refractivity contribution in [2.45, 2.75) is 58.2 Å². The molecule has 0 radical (unpaired) electrons. The number of nitrogens with zero attached hydrogens (tertiary/aromatic N) is 1. The molecule has 2 heterocycles. The highest BCUT2D eigenvalue weighted by atomic mass is 15.2. The van der Waals surface area contributed by atoms with E-state index in [0.29, 0.717) is 6.04 Å². The molecule has 0 aliphatic carbocycles. The predicted octanol–water partition coefficient (Wildman–Crippen LogP) is 3.02. The third-order valence-electron chi connectivity index (χ3n) is 4.92. The van der Waals surface area contributed by atoms with E-state index < -0.39 is 0 Å². The van der Waals surface area contributed by atoms with Crippen molar-refractivity contribution < 1.29 is 0 Å². The Morgan fingerprint density at radius 2 is 2.05 bits per heavy atom. The van der Waals surface area contributed by atoms with Crippen LogP contribution < -0.4 is 5.32 Å². The fourth-order valence-electron chi connectivity index (χ4n) is 3.72. The van der Waals surface area contributed by atoms with E-state index in [2.05, 4.69) is 42.3 Å². The van der Waals surface area contributed by atoms with Gasteiger partial charge in [-0.05, 0) is 50.8 Å². The molecule has 104 valence electrons. The molecule has 2 unspecified atom stereocenters.